The molecule has 2 aromatic heterocycles. The molecule has 1 saturated carbocycles. The molecule has 19 heavy (non-hydrogen) atoms. The van der Waals surface area contributed by atoms with E-state index in [-0.39, 0.29) is 11.5 Å². The quantitative estimate of drug-likeness (QED) is 0.906. The highest BCUT2D eigenvalue weighted by Crippen LogP contribution is 2.36. The lowest BCUT2D eigenvalue weighted by molar-refractivity contribution is 0.603. The second-order valence-corrected chi connectivity index (χ2v) is 8.24. The molecule has 0 aromatic carbocycles. The van der Waals surface area contributed by atoms with Gasteiger partial charge < -0.3 is 5.32 Å². The monoisotopic (exact) mass is 292 g/mol. The van der Waals surface area contributed by atoms with Gasteiger partial charge in [0.25, 0.3) is 0 Å². The van der Waals surface area contributed by atoms with E-state index in [1.807, 2.05) is 17.5 Å². The highest BCUT2D eigenvalue weighted by Gasteiger charge is 2.29. The maximum atomic E-state index is 4.51. The summed E-state index contributed by atoms with van der Waals surface area (Å²) in [5.74, 6) is 0. The summed E-state index contributed by atoms with van der Waals surface area (Å²) < 4.78 is 0. The third-order valence-corrected chi connectivity index (χ3v) is 5.74. The van der Waals surface area contributed by atoms with E-state index in [0.717, 1.165) is 0 Å². The Hall–Kier alpha value is -0.710. The average Bonchev–Trinajstić information content (AvgIpc) is 2.86. The van der Waals surface area contributed by atoms with Crippen LogP contribution in [0.1, 0.15) is 54.4 Å². The van der Waals surface area contributed by atoms with Crippen molar-refractivity contribution in [3.63, 3.8) is 0 Å². The first kappa shape index (κ1) is 13.3. The molecule has 0 aliphatic heterocycles. The molecule has 2 nitrogen and oxygen atoms in total. The molecule has 1 aliphatic rings. The Morgan fingerprint density at radius 2 is 2.11 bits per heavy atom. The fraction of sp³-hybridized carbons (Fsp3) is 0.533. The molecule has 4 heteroatoms. The topological polar surface area (TPSA) is 24.9 Å². The maximum absolute atomic E-state index is 4.51. The van der Waals surface area contributed by atoms with E-state index in [4.69, 9.17) is 0 Å². The number of nitrogens with one attached hydrogen (secondary N) is 1. The van der Waals surface area contributed by atoms with E-state index >= 15 is 0 Å². The van der Waals surface area contributed by atoms with Gasteiger partial charge in [-0.2, -0.15) is 0 Å². The molecule has 3 rings (SSSR count). The summed E-state index contributed by atoms with van der Waals surface area (Å²) in [5, 5.41) is 6.99. The van der Waals surface area contributed by atoms with Gasteiger partial charge in [-0.05, 0) is 30.4 Å². The highest BCUT2D eigenvalue weighted by atomic mass is 32.1. The molecule has 0 radical (unpaired) electrons. The van der Waals surface area contributed by atoms with Crippen molar-refractivity contribution < 1.29 is 0 Å². The van der Waals surface area contributed by atoms with Gasteiger partial charge in [0.1, 0.15) is 5.01 Å². The first-order valence-corrected chi connectivity index (χ1v) is 8.49. The number of rotatable bonds is 4. The van der Waals surface area contributed by atoms with Crippen molar-refractivity contribution in [3.05, 3.63) is 38.5 Å². The lowest BCUT2D eigenvalue weighted by Crippen LogP contribution is -2.23. The van der Waals surface area contributed by atoms with Crippen molar-refractivity contribution in [1.29, 1.82) is 0 Å². The Balaban J connectivity index is 1.88. The van der Waals surface area contributed by atoms with Crippen LogP contribution >= 0.6 is 22.7 Å². The fourth-order valence-electron chi connectivity index (χ4n) is 2.05. The zero-order chi connectivity index (χ0) is 13.5. The van der Waals surface area contributed by atoms with Crippen molar-refractivity contribution >= 4 is 22.7 Å². The molecule has 102 valence electrons. The maximum Gasteiger partial charge on any atom is 0.115 e. The van der Waals surface area contributed by atoms with Crippen LogP contribution in [0.25, 0.3) is 0 Å². The number of thiazole rings is 1. The third kappa shape index (κ3) is 3.07. The zero-order valence-corrected chi connectivity index (χ0v) is 13.3. The van der Waals surface area contributed by atoms with Crippen LogP contribution in [0.4, 0.5) is 0 Å². The summed E-state index contributed by atoms with van der Waals surface area (Å²) in [4.78, 5) is 7.35. The van der Waals surface area contributed by atoms with Crippen molar-refractivity contribution in [3.8, 4) is 0 Å². The first-order chi connectivity index (χ1) is 9.04. The molecule has 1 atom stereocenters. The minimum atomic E-state index is 0.232. The van der Waals surface area contributed by atoms with E-state index in [0.29, 0.717) is 6.04 Å². The highest BCUT2D eigenvalue weighted by molar-refractivity contribution is 7.13. The van der Waals surface area contributed by atoms with Crippen LogP contribution in [0.2, 0.25) is 0 Å². The van der Waals surface area contributed by atoms with Crippen molar-refractivity contribution in [2.75, 3.05) is 0 Å². The van der Waals surface area contributed by atoms with Gasteiger partial charge in [0.2, 0.25) is 0 Å². The van der Waals surface area contributed by atoms with E-state index in [2.05, 4.69) is 48.6 Å². The fourth-order valence-corrected chi connectivity index (χ4v) is 3.97. The Labute approximate surface area is 122 Å². The molecule has 1 N–H and O–H groups in total. The van der Waals surface area contributed by atoms with Crippen LogP contribution in [0.3, 0.4) is 0 Å². The normalized spacial score (nSPS) is 17.6. The molecule has 2 heterocycles. The SMILES string of the molecule is CC(C)(C)c1ccc(C(NC2CC2)c2nccs2)s1. The van der Waals surface area contributed by atoms with E-state index in [1.165, 1.54) is 27.6 Å². The van der Waals surface area contributed by atoms with Gasteiger partial charge in [0.15, 0.2) is 0 Å². The van der Waals surface area contributed by atoms with Crippen LogP contribution in [0.15, 0.2) is 23.7 Å². The average molecular weight is 292 g/mol. The predicted molar refractivity (Wildman–Crippen MR) is 83.1 cm³/mol. The molecule has 1 fully saturated rings. The minimum absolute atomic E-state index is 0.232. The number of thiophene rings is 1. The van der Waals surface area contributed by atoms with Gasteiger partial charge in [-0.3, -0.25) is 0 Å². The summed E-state index contributed by atoms with van der Waals surface area (Å²) in [7, 11) is 0. The largest absolute Gasteiger partial charge is 0.301 e. The summed E-state index contributed by atoms with van der Waals surface area (Å²) >= 11 is 3.67. The lowest BCUT2D eigenvalue weighted by Gasteiger charge is -2.17. The Bertz CT molecular complexity index is 533. The summed E-state index contributed by atoms with van der Waals surface area (Å²) in [6.07, 6.45) is 4.51. The molecule has 0 spiro atoms. The second-order valence-electron chi connectivity index (χ2n) is 6.20. The van der Waals surface area contributed by atoms with Crippen LogP contribution in [-0.4, -0.2) is 11.0 Å². The van der Waals surface area contributed by atoms with Crippen LogP contribution in [0.5, 0.6) is 0 Å². The van der Waals surface area contributed by atoms with Crippen molar-refractivity contribution in [2.24, 2.45) is 0 Å². The molecule has 0 saturated heterocycles. The number of hydrogen-bond donors (Lipinski definition) is 1. The van der Waals surface area contributed by atoms with Crippen LogP contribution in [0, 0.1) is 0 Å². The van der Waals surface area contributed by atoms with Gasteiger partial charge in [-0.1, -0.05) is 20.8 Å². The number of aromatic nitrogens is 1. The van der Waals surface area contributed by atoms with E-state index in [1.54, 1.807) is 11.3 Å². The van der Waals surface area contributed by atoms with Crippen LogP contribution < -0.4 is 5.32 Å². The minimum Gasteiger partial charge on any atom is -0.301 e. The van der Waals surface area contributed by atoms with Gasteiger partial charge in [0.05, 0.1) is 6.04 Å². The molecule has 0 bridgehead atoms. The second kappa shape index (κ2) is 5.00. The standard InChI is InChI=1S/C15H20N2S2/c1-15(2,3)12-7-6-11(19-12)13(17-10-4-5-10)14-16-8-9-18-14/h6-10,13,17H,4-5H2,1-3H3. The van der Waals surface area contributed by atoms with Gasteiger partial charge in [-0.15, -0.1) is 22.7 Å². The number of hydrogen-bond acceptors (Lipinski definition) is 4. The molecule has 0 amide bonds. The Morgan fingerprint density at radius 3 is 2.63 bits per heavy atom. The van der Waals surface area contributed by atoms with Gasteiger partial charge in [-0.25, -0.2) is 4.98 Å². The first-order valence-electron chi connectivity index (χ1n) is 6.80. The number of nitrogens with zero attached hydrogens (tertiary/aromatic N) is 1. The smallest absolute Gasteiger partial charge is 0.115 e. The third-order valence-electron chi connectivity index (χ3n) is 3.33. The van der Waals surface area contributed by atoms with Crippen molar-refractivity contribution in [2.45, 2.75) is 51.1 Å². The summed E-state index contributed by atoms with van der Waals surface area (Å²) in [5.41, 5.74) is 0.232. The van der Waals surface area contributed by atoms with Gasteiger partial charge in [0, 0.05) is 27.4 Å². The summed E-state index contributed by atoms with van der Waals surface area (Å²) in [6, 6.07) is 5.52. The zero-order valence-electron chi connectivity index (χ0n) is 11.6. The Kier molecular flexibility index (Phi) is 3.50. The molecule has 2 aromatic rings. The molecule has 1 unspecified atom stereocenters. The predicted octanol–water partition coefficient (Wildman–Crippen LogP) is 4.34. The molecule has 1 aliphatic carbocycles. The lowest BCUT2D eigenvalue weighted by atomic mass is 9.95. The Morgan fingerprint density at radius 1 is 1.32 bits per heavy atom. The van der Waals surface area contributed by atoms with E-state index < -0.39 is 0 Å². The molecular formula is C15H20N2S2. The van der Waals surface area contributed by atoms with Gasteiger partial charge >= 0.3 is 0 Å². The van der Waals surface area contributed by atoms with Crippen LogP contribution in [-0.2, 0) is 5.41 Å². The van der Waals surface area contributed by atoms with E-state index in [9.17, 15) is 0 Å². The van der Waals surface area contributed by atoms with Crippen molar-refractivity contribution in [1.82, 2.24) is 10.3 Å². The molecular weight excluding hydrogens is 272 g/mol. The summed E-state index contributed by atoms with van der Waals surface area (Å²) in [6.45, 7) is 6.82.